The highest BCUT2D eigenvalue weighted by atomic mass is 16.5. The van der Waals surface area contributed by atoms with E-state index in [9.17, 15) is 9.59 Å². The first-order valence-corrected chi connectivity index (χ1v) is 8.31. The van der Waals surface area contributed by atoms with Gasteiger partial charge in [0.25, 0.3) is 0 Å². The molecular weight excluding hydrogens is 348 g/mol. The fraction of sp³-hybridized carbons (Fsp3) is 0.211. The Morgan fingerprint density at radius 2 is 1.93 bits per heavy atom. The van der Waals surface area contributed by atoms with Gasteiger partial charge in [-0.05, 0) is 24.3 Å². The number of ether oxygens (including phenoxy) is 2. The predicted molar refractivity (Wildman–Crippen MR) is 102 cm³/mol. The maximum atomic E-state index is 12.7. The molecule has 0 bridgehead atoms. The molecule has 1 aliphatic heterocycles. The van der Waals surface area contributed by atoms with Crippen LogP contribution in [0.5, 0.6) is 11.5 Å². The number of nitrogens with zero attached hydrogens (tertiary/aromatic N) is 1. The number of carbonyl (C=O) groups excluding carboxylic acids is 2. The lowest BCUT2D eigenvalue weighted by Gasteiger charge is -2.21. The van der Waals surface area contributed by atoms with Crippen molar-refractivity contribution >= 4 is 29.1 Å². The molecule has 0 aromatic heterocycles. The zero-order valence-electron chi connectivity index (χ0n) is 15.0. The number of rotatable bonds is 5. The zero-order valence-corrected chi connectivity index (χ0v) is 15.0. The van der Waals surface area contributed by atoms with Crippen LogP contribution in [-0.4, -0.2) is 38.0 Å². The van der Waals surface area contributed by atoms with E-state index in [1.54, 1.807) is 18.2 Å². The average Bonchev–Trinajstić information content (AvgIpc) is 2.68. The highest BCUT2D eigenvalue weighted by molar-refractivity contribution is 6.10. The summed E-state index contributed by atoms with van der Waals surface area (Å²) in [6, 6.07) is 13.5. The van der Waals surface area contributed by atoms with Crippen molar-refractivity contribution in [1.29, 1.82) is 0 Å². The molecule has 2 amide bonds. The molecule has 140 valence electrons. The molecule has 3 rings (SSSR count). The number of nitrogens with one attached hydrogen (secondary N) is 3. The first-order valence-electron chi connectivity index (χ1n) is 8.31. The SMILES string of the molecule is COc1ccc(OC)c(NC(=O)[C@@H]2CC(=O)NC(Nc3ccccc3)=N2)c1. The van der Waals surface area contributed by atoms with E-state index in [-0.39, 0.29) is 18.3 Å². The largest absolute Gasteiger partial charge is 0.497 e. The molecule has 0 aliphatic carbocycles. The third-order valence-corrected chi connectivity index (χ3v) is 3.93. The normalized spacial score (nSPS) is 16.0. The topological polar surface area (TPSA) is 101 Å². The molecule has 8 heteroatoms. The van der Waals surface area contributed by atoms with Gasteiger partial charge in [-0.1, -0.05) is 18.2 Å². The van der Waals surface area contributed by atoms with Crippen molar-refractivity contribution in [1.82, 2.24) is 5.32 Å². The Balaban J connectivity index is 1.77. The first kappa shape index (κ1) is 18.2. The summed E-state index contributed by atoms with van der Waals surface area (Å²) in [6.07, 6.45) is -0.0436. The molecule has 0 saturated carbocycles. The summed E-state index contributed by atoms with van der Waals surface area (Å²) in [5, 5.41) is 8.38. The van der Waals surface area contributed by atoms with Crippen molar-refractivity contribution in [3.8, 4) is 11.5 Å². The highest BCUT2D eigenvalue weighted by Crippen LogP contribution is 2.29. The van der Waals surface area contributed by atoms with Gasteiger partial charge in [0, 0.05) is 11.8 Å². The summed E-state index contributed by atoms with van der Waals surface area (Å²) in [4.78, 5) is 29.0. The summed E-state index contributed by atoms with van der Waals surface area (Å²) >= 11 is 0. The number of guanidine groups is 1. The van der Waals surface area contributed by atoms with Gasteiger partial charge in [0.05, 0.1) is 26.3 Å². The summed E-state index contributed by atoms with van der Waals surface area (Å²) in [7, 11) is 3.04. The van der Waals surface area contributed by atoms with Crippen LogP contribution in [0, 0.1) is 0 Å². The van der Waals surface area contributed by atoms with E-state index in [1.165, 1.54) is 14.2 Å². The van der Waals surface area contributed by atoms with Crippen LogP contribution in [0.15, 0.2) is 53.5 Å². The quantitative estimate of drug-likeness (QED) is 0.749. The van der Waals surface area contributed by atoms with Crippen LogP contribution in [0.2, 0.25) is 0 Å². The van der Waals surface area contributed by atoms with Crippen molar-refractivity contribution < 1.29 is 19.1 Å². The maximum Gasteiger partial charge on any atom is 0.249 e. The Morgan fingerprint density at radius 1 is 1.15 bits per heavy atom. The number of hydrogen-bond donors (Lipinski definition) is 3. The van der Waals surface area contributed by atoms with Gasteiger partial charge in [-0.25, -0.2) is 4.99 Å². The molecule has 0 spiro atoms. The molecule has 0 radical (unpaired) electrons. The molecule has 3 N–H and O–H groups in total. The number of amides is 2. The Bertz CT molecular complexity index is 867. The molecule has 8 nitrogen and oxygen atoms in total. The fourth-order valence-corrected chi connectivity index (χ4v) is 2.59. The molecule has 2 aromatic rings. The average molecular weight is 368 g/mol. The first-order chi connectivity index (χ1) is 13.1. The predicted octanol–water partition coefficient (Wildman–Crippen LogP) is 2.00. The lowest BCUT2D eigenvalue weighted by atomic mass is 10.1. The molecule has 1 aliphatic rings. The highest BCUT2D eigenvalue weighted by Gasteiger charge is 2.27. The summed E-state index contributed by atoms with van der Waals surface area (Å²) in [5.41, 5.74) is 1.20. The Kier molecular flexibility index (Phi) is 5.55. The van der Waals surface area contributed by atoms with Crippen LogP contribution in [-0.2, 0) is 9.59 Å². The molecule has 1 atom stereocenters. The van der Waals surface area contributed by atoms with Gasteiger partial charge in [-0.2, -0.15) is 0 Å². The van der Waals surface area contributed by atoms with Crippen LogP contribution in [0.4, 0.5) is 11.4 Å². The fourth-order valence-electron chi connectivity index (χ4n) is 2.59. The lowest BCUT2D eigenvalue weighted by Crippen LogP contribution is -2.45. The van der Waals surface area contributed by atoms with E-state index < -0.39 is 11.9 Å². The summed E-state index contributed by atoms with van der Waals surface area (Å²) < 4.78 is 10.4. The summed E-state index contributed by atoms with van der Waals surface area (Å²) in [6.45, 7) is 0. The second kappa shape index (κ2) is 8.22. The van der Waals surface area contributed by atoms with E-state index in [4.69, 9.17) is 9.47 Å². The number of aliphatic imine (C=N–C) groups is 1. The van der Waals surface area contributed by atoms with E-state index >= 15 is 0 Å². The van der Waals surface area contributed by atoms with Gasteiger partial charge in [0.2, 0.25) is 17.8 Å². The Hall–Kier alpha value is -3.55. The number of anilines is 2. The van der Waals surface area contributed by atoms with Gasteiger partial charge in [-0.3, -0.25) is 14.9 Å². The van der Waals surface area contributed by atoms with E-state index in [0.29, 0.717) is 17.2 Å². The second-order valence-corrected chi connectivity index (χ2v) is 5.79. The Morgan fingerprint density at radius 3 is 2.63 bits per heavy atom. The number of benzene rings is 2. The Labute approximate surface area is 156 Å². The second-order valence-electron chi connectivity index (χ2n) is 5.79. The molecule has 2 aromatic carbocycles. The van der Waals surface area contributed by atoms with Crippen molar-refractivity contribution in [2.24, 2.45) is 4.99 Å². The smallest absolute Gasteiger partial charge is 0.249 e. The van der Waals surface area contributed by atoms with Crippen LogP contribution in [0.1, 0.15) is 6.42 Å². The lowest BCUT2D eigenvalue weighted by molar-refractivity contribution is -0.124. The molecule has 1 heterocycles. The third kappa shape index (κ3) is 4.55. The van der Waals surface area contributed by atoms with Gasteiger partial charge in [-0.15, -0.1) is 0 Å². The van der Waals surface area contributed by atoms with Crippen molar-refractivity contribution in [3.05, 3.63) is 48.5 Å². The van der Waals surface area contributed by atoms with Gasteiger partial charge in [0.1, 0.15) is 17.5 Å². The number of carbonyl (C=O) groups is 2. The molecular formula is C19H20N4O4. The zero-order chi connectivity index (χ0) is 19.2. The van der Waals surface area contributed by atoms with Crippen LogP contribution in [0.3, 0.4) is 0 Å². The number of hydrogen-bond acceptors (Lipinski definition) is 6. The minimum Gasteiger partial charge on any atom is -0.497 e. The summed E-state index contributed by atoms with van der Waals surface area (Å²) in [5.74, 6) is 0.582. The van der Waals surface area contributed by atoms with Gasteiger partial charge >= 0.3 is 0 Å². The minimum atomic E-state index is -0.860. The minimum absolute atomic E-state index is 0.0436. The molecule has 0 saturated heterocycles. The third-order valence-electron chi connectivity index (χ3n) is 3.93. The van der Waals surface area contributed by atoms with Crippen LogP contribution >= 0.6 is 0 Å². The van der Waals surface area contributed by atoms with Gasteiger partial charge in [0.15, 0.2) is 0 Å². The van der Waals surface area contributed by atoms with Crippen LogP contribution in [0.25, 0.3) is 0 Å². The monoisotopic (exact) mass is 368 g/mol. The van der Waals surface area contributed by atoms with Gasteiger partial charge < -0.3 is 20.1 Å². The standard InChI is InChI=1S/C19H20N4O4/c1-26-13-8-9-16(27-2)14(10-13)21-18(25)15-11-17(24)23-19(22-15)20-12-6-4-3-5-7-12/h3-10,15H,11H2,1-2H3,(H,21,25)(H2,20,22,23,24)/t15-/m0/s1. The number of methoxy groups -OCH3 is 2. The van der Waals surface area contributed by atoms with E-state index in [1.807, 2.05) is 30.3 Å². The van der Waals surface area contributed by atoms with Crippen molar-refractivity contribution in [3.63, 3.8) is 0 Å². The molecule has 0 unspecified atom stereocenters. The maximum absolute atomic E-state index is 12.7. The van der Waals surface area contributed by atoms with Crippen molar-refractivity contribution in [2.45, 2.75) is 12.5 Å². The van der Waals surface area contributed by atoms with E-state index in [2.05, 4.69) is 20.9 Å². The number of para-hydroxylation sites is 1. The van der Waals surface area contributed by atoms with Crippen LogP contribution < -0.4 is 25.4 Å². The molecule has 0 fully saturated rings. The molecule has 27 heavy (non-hydrogen) atoms. The van der Waals surface area contributed by atoms with Crippen molar-refractivity contribution in [2.75, 3.05) is 24.9 Å². The van der Waals surface area contributed by atoms with E-state index in [0.717, 1.165) is 5.69 Å².